The molecule has 2 aliphatic carbocycles. The number of fused-ring (bicyclic) bond motifs is 1. The molecule has 0 radical (unpaired) electrons. The molecule has 3 atom stereocenters. The van der Waals surface area contributed by atoms with E-state index in [2.05, 4.69) is 5.32 Å². The van der Waals surface area contributed by atoms with Crippen LogP contribution in [0.4, 0.5) is 4.79 Å². The highest BCUT2D eigenvalue weighted by Gasteiger charge is 2.62. The van der Waals surface area contributed by atoms with Gasteiger partial charge in [0.25, 0.3) is 0 Å². The summed E-state index contributed by atoms with van der Waals surface area (Å²) in [6.07, 6.45) is 2.28. The highest BCUT2D eigenvalue weighted by Crippen LogP contribution is 2.55. The van der Waals surface area contributed by atoms with Crippen LogP contribution in [0.15, 0.2) is 0 Å². The molecule has 2 saturated carbocycles. The zero-order chi connectivity index (χ0) is 11.3. The van der Waals surface area contributed by atoms with E-state index in [0.29, 0.717) is 5.92 Å². The molecule has 0 saturated heterocycles. The summed E-state index contributed by atoms with van der Waals surface area (Å²) < 4.78 is 5.15. The van der Waals surface area contributed by atoms with Gasteiger partial charge in [-0.25, -0.2) is 4.79 Å². The summed E-state index contributed by atoms with van der Waals surface area (Å²) in [5.74, 6) is 0.400. The molecule has 2 aliphatic rings. The van der Waals surface area contributed by atoms with Gasteiger partial charge < -0.3 is 15.2 Å². The van der Waals surface area contributed by atoms with Crippen LogP contribution in [0.25, 0.3) is 0 Å². The Bertz CT molecular complexity index is 282. The Morgan fingerprint density at radius 1 is 1.47 bits per heavy atom. The zero-order valence-electron chi connectivity index (χ0n) is 9.54. The molecule has 0 aromatic carbocycles. The molecule has 0 aromatic rings. The van der Waals surface area contributed by atoms with Crippen LogP contribution in [-0.4, -0.2) is 28.4 Å². The van der Waals surface area contributed by atoms with Crippen molar-refractivity contribution >= 4 is 6.09 Å². The molecule has 3 unspecified atom stereocenters. The van der Waals surface area contributed by atoms with Crippen molar-refractivity contribution in [3.8, 4) is 0 Å². The number of amides is 1. The van der Waals surface area contributed by atoms with Crippen molar-refractivity contribution in [1.29, 1.82) is 0 Å². The second kappa shape index (κ2) is 3.11. The van der Waals surface area contributed by atoms with Crippen molar-refractivity contribution in [2.24, 2.45) is 5.92 Å². The largest absolute Gasteiger partial charge is 0.444 e. The number of carbonyl (C=O) groups is 1. The van der Waals surface area contributed by atoms with Gasteiger partial charge >= 0.3 is 6.09 Å². The average Bonchev–Trinajstić information content (AvgIpc) is 2.60. The van der Waals surface area contributed by atoms with Crippen molar-refractivity contribution in [1.82, 2.24) is 5.32 Å². The first kappa shape index (κ1) is 10.7. The number of alkyl carbamates (subject to hydrolysis) is 1. The lowest BCUT2D eigenvalue weighted by atomic mass is 10.1. The molecule has 2 fully saturated rings. The van der Waals surface area contributed by atoms with Crippen molar-refractivity contribution < 1.29 is 14.6 Å². The van der Waals surface area contributed by atoms with Crippen LogP contribution in [0.5, 0.6) is 0 Å². The molecule has 4 nitrogen and oxygen atoms in total. The fraction of sp³-hybridized carbons (Fsp3) is 0.909. The normalized spacial score (nSPS) is 38.4. The van der Waals surface area contributed by atoms with E-state index in [1.54, 1.807) is 0 Å². The molecule has 86 valence electrons. The van der Waals surface area contributed by atoms with Crippen LogP contribution in [0.2, 0.25) is 0 Å². The number of hydrogen-bond donors (Lipinski definition) is 2. The van der Waals surface area contributed by atoms with Gasteiger partial charge in [0, 0.05) is 0 Å². The predicted octanol–water partition coefficient (Wildman–Crippen LogP) is 1.42. The van der Waals surface area contributed by atoms with Crippen molar-refractivity contribution in [2.45, 2.75) is 57.3 Å². The fourth-order valence-electron chi connectivity index (χ4n) is 2.38. The quantitative estimate of drug-likeness (QED) is 0.692. The van der Waals surface area contributed by atoms with E-state index in [-0.39, 0.29) is 6.04 Å². The molecule has 2 N–H and O–H groups in total. The van der Waals surface area contributed by atoms with Gasteiger partial charge in [0.15, 0.2) is 0 Å². The average molecular weight is 213 g/mol. The predicted molar refractivity (Wildman–Crippen MR) is 55.4 cm³/mol. The Balaban J connectivity index is 1.85. The highest BCUT2D eigenvalue weighted by molar-refractivity contribution is 5.68. The Kier molecular flexibility index (Phi) is 2.23. The van der Waals surface area contributed by atoms with E-state index < -0.39 is 17.3 Å². The summed E-state index contributed by atoms with van der Waals surface area (Å²) in [5.41, 5.74) is -1.11. The topological polar surface area (TPSA) is 58.6 Å². The Morgan fingerprint density at radius 2 is 2.13 bits per heavy atom. The first-order chi connectivity index (χ1) is 6.81. The summed E-state index contributed by atoms with van der Waals surface area (Å²) in [5, 5.41) is 12.8. The van der Waals surface area contributed by atoms with Gasteiger partial charge in [0.2, 0.25) is 0 Å². The molecule has 2 rings (SSSR count). The summed E-state index contributed by atoms with van der Waals surface area (Å²) in [7, 11) is 0. The summed E-state index contributed by atoms with van der Waals surface area (Å²) >= 11 is 0. The Labute approximate surface area is 90.0 Å². The van der Waals surface area contributed by atoms with Gasteiger partial charge in [0.05, 0.1) is 11.6 Å². The van der Waals surface area contributed by atoms with Crippen LogP contribution in [-0.2, 0) is 4.74 Å². The van der Waals surface area contributed by atoms with Gasteiger partial charge in [-0.3, -0.25) is 0 Å². The van der Waals surface area contributed by atoms with Gasteiger partial charge in [-0.05, 0) is 46.0 Å². The van der Waals surface area contributed by atoms with Crippen molar-refractivity contribution in [2.75, 3.05) is 0 Å². The highest BCUT2D eigenvalue weighted by atomic mass is 16.6. The van der Waals surface area contributed by atoms with Gasteiger partial charge in [-0.1, -0.05) is 0 Å². The van der Waals surface area contributed by atoms with Crippen molar-refractivity contribution in [3.63, 3.8) is 0 Å². The van der Waals surface area contributed by atoms with E-state index in [4.69, 9.17) is 4.74 Å². The third kappa shape index (κ3) is 2.09. The number of carbonyl (C=O) groups excluding carboxylic acids is 1. The molecule has 0 aromatic heterocycles. The number of nitrogens with one attached hydrogen (secondary N) is 1. The molecule has 15 heavy (non-hydrogen) atoms. The molecule has 0 spiro atoms. The van der Waals surface area contributed by atoms with Gasteiger partial charge in [-0.2, -0.15) is 0 Å². The lowest BCUT2D eigenvalue weighted by Crippen LogP contribution is -2.45. The van der Waals surface area contributed by atoms with E-state index in [9.17, 15) is 9.90 Å². The molecular weight excluding hydrogens is 194 g/mol. The first-order valence-corrected chi connectivity index (χ1v) is 5.53. The minimum absolute atomic E-state index is 0.114. The third-order valence-corrected chi connectivity index (χ3v) is 3.22. The van der Waals surface area contributed by atoms with Crippen molar-refractivity contribution in [3.05, 3.63) is 0 Å². The molecule has 0 aliphatic heterocycles. The molecular formula is C11H19NO3. The summed E-state index contributed by atoms with van der Waals surface area (Å²) in [6, 6.07) is -0.114. The first-order valence-electron chi connectivity index (χ1n) is 5.53. The van der Waals surface area contributed by atoms with Gasteiger partial charge in [-0.15, -0.1) is 0 Å². The number of aliphatic hydroxyl groups is 1. The number of ether oxygens (including phenoxy) is 1. The summed E-state index contributed by atoms with van der Waals surface area (Å²) in [6.45, 7) is 5.49. The SMILES string of the molecule is CC(C)(C)OC(=O)NC1CCC2CC21O. The van der Waals surface area contributed by atoms with Crippen LogP contribution in [0, 0.1) is 5.92 Å². The second-order valence-corrected chi connectivity index (χ2v) is 5.67. The van der Waals surface area contributed by atoms with Crippen LogP contribution in [0.3, 0.4) is 0 Å². The smallest absolute Gasteiger partial charge is 0.407 e. The molecule has 4 heteroatoms. The molecule has 0 heterocycles. The Hall–Kier alpha value is -0.770. The minimum atomic E-state index is -0.628. The number of hydrogen-bond acceptors (Lipinski definition) is 3. The number of rotatable bonds is 1. The Morgan fingerprint density at radius 3 is 2.53 bits per heavy atom. The van der Waals surface area contributed by atoms with E-state index in [1.165, 1.54) is 0 Å². The second-order valence-electron chi connectivity index (χ2n) is 5.67. The lowest BCUT2D eigenvalue weighted by molar-refractivity contribution is 0.0401. The minimum Gasteiger partial charge on any atom is -0.444 e. The fourth-order valence-corrected chi connectivity index (χ4v) is 2.38. The van der Waals surface area contributed by atoms with Gasteiger partial charge in [0.1, 0.15) is 5.60 Å². The van der Waals surface area contributed by atoms with E-state index in [0.717, 1.165) is 19.3 Å². The monoisotopic (exact) mass is 213 g/mol. The molecule has 0 bridgehead atoms. The van der Waals surface area contributed by atoms with Crippen LogP contribution in [0.1, 0.15) is 40.0 Å². The zero-order valence-corrected chi connectivity index (χ0v) is 9.54. The maximum absolute atomic E-state index is 11.5. The van der Waals surface area contributed by atoms with Crippen LogP contribution >= 0.6 is 0 Å². The molecule has 1 amide bonds. The summed E-state index contributed by atoms with van der Waals surface area (Å²) in [4.78, 5) is 11.5. The van der Waals surface area contributed by atoms with E-state index >= 15 is 0 Å². The maximum Gasteiger partial charge on any atom is 0.407 e. The third-order valence-electron chi connectivity index (χ3n) is 3.22. The van der Waals surface area contributed by atoms with E-state index in [1.807, 2.05) is 20.8 Å². The maximum atomic E-state index is 11.5. The lowest BCUT2D eigenvalue weighted by Gasteiger charge is -2.24. The van der Waals surface area contributed by atoms with Crippen LogP contribution < -0.4 is 5.32 Å². The standard InChI is InChI=1S/C11H19NO3/c1-10(2,3)15-9(13)12-8-5-4-7-6-11(7,8)14/h7-8,14H,4-6H2,1-3H3,(H,12,13).